The standard InChI is InChI=1S/C47H70N2O7/c1-3-5-7-9-11-13-15-16-17-18-19-20-21-22-24-26-28-30-35-39-46(53)56-42(36-32-29-27-25-23-14-12-10-8-6-4-2)37-33-31-34-38-44(51)48-40-45(52)49-43(41-50)47(54)55/h5-8,11-14,16-17,19-20,22,24-25,27-28,30,32,36,42-43,50H,3-4,9-10,15,18,21,23,26,29,31,33-35,37-41H2,1-2H3,(H,48,51)(H,49,52)(H,54,55)/b7-5-,8-6-,13-11-,14-12-,17-16-,20-19-,24-22-,27-25-,30-28-,36-32-. The molecule has 4 N–H and O–H groups in total. The summed E-state index contributed by atoms with van der Waals surface area (Å²) in [6.07, 6.45) is 55.3. The molecule has 2 amide bonds. The molecule has 0 aromatic rings. The molecular formula is C47H70N2O7. The zero-order valence-electron chi connectivity index (χ0n) is 34.1. The monoisotopic (exact) mass is 775 g/mol. The van der Waals surface area contributed by atoms with E-state index >= 15 is 0 Å². The number of aliphatic hydroxyl groups is 1. The summed E-state index contributed by atoms with van der Waals surface area (Å²) in [6, 6.07) is -1.41. The average Bonchev–Trinajstić information content (AvgIpc) is 3.18. The van der Waals surface area contributed by atoms with E-state index in [-0.39, 0.29) is 30.9 Å². The van der Waals surface area contributed by atoms with Crippen molar-refractivity contribution in [2.24, 2.45) is 0 Å². The van der Waals surface area contributed by atoms with E-state index in [0.29, 0.717) is 25.7 Å². The zero-order valence-corrected chi connectivity index (χ0v) is 34.1. The molecule has 9 heteroatoms. The van der Waals surface area contributed by atoms with Gasteiger partial charge in [0.25, 0.3) is 0 Å². The predicted molar refractivity (Wildman–Crippen MR) is 231 cm³/mol. The van der Waals surface area contributed by atoms with Crippen molar-refractivity contribution in [3.05, 3.63) is 122 Å². The first-order chi connectivity index (χ1) is 27.3. The molecular weight excluding hydrogens is 705 g/mol. The van der Waals surface area contributed by atoms with Gasteiger partial charge in [0.1, 0.15) is 12.1 Å². The number of amides is 2. The largest absolute Gasteiger partial charge is 0.480 e. The van der Waals surface area contributed by atoms with Crippen LogP contribution in [0.2, 0.25) is 0 Å². The Labute approximate surface area is 337 Å². The van der Waals surface area contributed by atoms with Gasteiger partial charge in [-0.3, -0.25) is 14.4 Å². The van der Waals surface area contributed by atoms with Gasteiger partial charge in [0, 0.05) is 12.8 Å². The lowest BCUT2D eigenvalue weighted by atomic mass is 10.1. The molecule has 0 saturated heterocycles. The van der Waals surface area contributed by atoms with Crippen LogP contribution in [0.4, 0.5) is 0 Å². The van der Waals surface area contributed by atoms with Crippen LogP contribution in [0.1, 0.15) is 123 Å². The van der Waals surface area contributed by atoms with Gasteiger partial charge in [-0.1, -0.05) is 136 Å². The fraction of sp³-hybridized carbons (Fsp3) is 0.489. The molecule has 2 atom stereocenters. The average molecular weight is 775 g/mol. The number of esters is 1. The number of carboxylic acid groups (broad SMARTS) is 1. The summed E-state index contributed by atoms with van der Waals surface area (Å²) in [4.78, 5) is 47.6. The number of carbonyl (C=O) groups is 4. The van der Waals surface area contributed by atoms with Crippen molar-refractivity contribution in [1.29, 1.82) is 0 Å². The molecule has 0 rings (SSSR count). The number of carbonyl (C=O) groups excluding carboxylic acids is 3. The van der Waals surface area contributed by atoms with Crippen molar-refractivity contribution in [3.8, 4) is 0 Å². The second-order valence-corrected chi connectivity index (χ2v) is 13.0. The third-order valence-electron chi connectivity index (χ3n) is 7.95. The lowest BCUT2D eigenvalue weighted by Crippen LogP contribution is -2.47. The van der Waals surface area contributed by atoms with Crippen LogP contribution in [-0.2, 0) is 23.9 Å². The van der Waals surface area contributed by atoms with Crippen LogP contribution in [0.5, 0.6) is 0 Å². The van der Waals surface area contributed by atoms with E-state index in [0.717, 1.165) is 77.0 Å². The molecule has 0 aliphatic heterocycles. The molecule has 0 radical (unpaired) electrons. The SMILES string of the molecule is CC/C=C\C/C=C\C/C=C\C/C=C\C/C=C\C/C=C\CCC(=O)OC(/C=C\C/C=C\C/C=C\C/C=C\CC)CCCCCC(=O)NCC(=O)NC(CO)C(=O)O. The Kier molecular flexibility index (Phi) is 36.5. The summed E-state index contributed by atoms with van der Waals surface area (Å²) < 4.78 is 5.81. The van der Waals surface area contributed by atoms with Gasteiger partial charge in [0.05, 0.1) is 13.2 Å². The summed E-state index contributed by atoms with van der Waals surface area (Å²) in [5.41, 5.74) is 0. The highest BCUT2D eigenvalue weighted by molar-refractivity contribution is 5.87. The summed E-state index contributed by atoms with van der Waals surface area (Å²) in [6.45, 7) is 3.15. The predicted octanol–water partition coefficient (Wildman–Crippen LogP) is 9.81. The van der Waals surface area contributed by atoms with Gasteiger partial charge in [-0.15, -0.1) is 0 Å². The topological polar surface area (TPSA) is 142 Å². The molecule has 2 unspecified atom stereocenters. The Morgan fingerprint density at radius 3 is 1.45 bits per heavy atom. The molecule has 0 spiro atoms. The van der Waals surface area contributed by atoms with Crippen LogP contribution in [0.3, 0.4) is 0 Å². The highest BCUT2D eigenvalue weighted by Crippen LogP contribution is 2.12. The second kappa shape index (κ2) is 39.9. The zero-order chi connectivity index (χ0) is 41.2. The van der Waals surface area contributed by atoms with Gasteiger partial charge in [0.2, 0.25) is 11.8 Å². The molecule has 0 aromatic heterocycles. The minimum absolute atomic E-state index is 0.204. The maximum atomic E-state index is 12.7. The smallest absolute Gasteiger partial charge is 0.328 e. The lowest BCUT2D eigenvalue weighted by molar-refractivity contribution is -0.147. The number of unbranched alkanes of at least 4 members (excludes halogenated alkanes) is 2. The van der Waals surface area contributed by atoms with Crippen molar-refractivity contribution in [1.82, 2.24) is 10.6 Å². The Hall–Kier alpha value is -4.76. The molecule has 0 fully saturated rings. The van der Waals surface area contributed by atoms with Crippen LogP contribution in [0.15, 0.2) is 122 Å². The summed E-state index contributed by atoms with van der Waals surface area (Å²) in [7, 11) is 0. The molecule has 0 bridgehead atoms. The quantitative estimate of drug-likeness (QED) is 0.0290. The van der Waals surface area contributed by atoms with E-state index in [1.807, 2.05) is 18.2 Å². The fourth-order valence-electron chi connectivity index (χ4n) is 4.88. The van der Waals surface area contributed by atoms with Gasteiger partial charge in [-0.05, 0) is 96.0 Å². The van der Waals surface area contributed by atoms with Crippen molar-refractivity contribution in [3.63, 3.8) is 0 Å². The van der Waals surface area contributed by atoms with E-state index in [4.69, 9.17) is 14.9 Å². The first kappa shape index (κ1) is 51.2. The third kappa shape index (κ3) is 36.2. The van der Waals surface area contributed by atoms with Crippen LogP contribution < -0.4 is 10.6 Å². The summed E-state index contributed by atoms with van der Waals surface area (Å²) in [5.74, 6) is -2.62. The second-order valence-electron chi connectivity index (χ2n) is 13.0. The maximum Gasteiger partial charge on any atom is 0.328 e. The number of hydrogen-bond donors (Lipinski definition) is 4. The number of ether oxygens (including phenoxy) is 1. The van der Waals surface area contributed by atoms with Crippen molar-refractivity contribution in [2.75, 3.05) is 13.2 Å². The minimum atomic E-state index is -1.41. The number of carboxylic acids is 1. The number of aliphatic carboxylic acids is 1. The number of allylic oxidation sites excluding steroid dienone is 19. The Balaban J connectivity index is 4.62. The van der Waals surface area contributed by atoms with E-state index in [2.05, 4.69) is 128 Å². The van der Waals surface area contributed by atoms with E-state index < -0.39 is 24.5 Å². The van der Waals surface area contributed by atoms with Gasteiger partial charge in [0.15, 0.2) is 0 Å². The van der Waals surface area contributed by atoms with Crippen LogP contribution >= 0.6 is 0 Å². The number of hydrogen-bond acceptors (Lipinski definition) is 6. The molecule has 0 heterocycles. The molecule has 0 saturated carbocycles. The fourth-order valence-corrected chi connectivity index (χ4v) is 4.88. The Bertz CT molecular complexity index is 1350. The first-order valence-electron chi connectivity index (χ1n) is 20.4. The van der Waals surface area contributed by atoms with Gasteiger partial charge in [-0.2, -0.15) is 0 Å². The molecule has 310 valence electrons. The molecule has 0 aliphatic rings. The molecule has 56 heavy (non-hydrogen) atoms. The lowest BCUT2D eigenvalue weighted by Gasteiger charge is -2.14. The highest BCUT2D eigenvalue weighted by atomic mass is 16.5. The number of aliphatic hydroxyl groups excluding tert-OH is 1. The minimum Gasteiger partial charge on any atom is -0.480 e. The Morgan fingerprint density at radius 2 is 1.00 bits per heavy atom. The van der Waals surface area contributed by atoms with Crippen LogP contribution in [-0.4, -0.2) is 59.3 Å². The van der Waals surface area contributed by atoms with Gasteiger partial charge in [-0.25, -0.2) is 4.79 Å². The van der Waals surface area contributed by atoms with Crippen molar-refractivity contribution in [2.45, 2.75) is 135 Å². The number of nitrogens with one attached hydrogen (secondary N) is 2. The van der Waals surface area contributed by atoms with Crippen LogP contribution in [0.25, 0.3) is 0 Å². The summed E-state index contributed by atoms with van der Waals surface area (Å²) in [5, 5.41) is 22.5. The molecule has 0 aliphatic carbocycles. The van der Waals surface area contributed by atoms with Crippen LogP contribution in [0, 0.1) is 0 Å². The first-order valence-corrected chi connectivity index (χ1v) is 20.4. The van der Waals surface area contributed by atoms with Gasteiger partial charge >= 0.3 is 11.9 Å². The summed E-state index contributed by atoms with van der Waals surface area (Å²) >= 11 is 0. The van der Waals surface area contributed by atoms with Gasteiger partial charge < -0.3 is 25.6 Å². The molecule has 0 aromatic carbocycles. The maximum absolute atomic E-state index is 12.7. The normalized spacial score (nSPS) is 13.8. The van der Waals surface area contributed by atoms with Crippen molar-refractivity contribution >= 4 is 23.8 Å². The number of rotatable bonds is 34. The van der Waals surface area contributed by atoms with Crippen molar-refractivity contribution < 1.29 is 34.1 Å². The molecule has 9 nitrogen and oxygen atoms in total. The van der Waals surface area contributed by atoms with E-state index in [1.165, 1.54) is 0 Å². The van der Waals surface area contributed by atoms with E-state index in [1.54, 1.807) is 0 Å². The third-order valence-corrected chi connectivity index (χ3v) is 7.95. The Morgan fingerprint density at radius 1 is 0.554 bits per heavy atom. The van der Waals surface area contributed by atoms with E-state index in [9.17, 15) is 19.2 Å². The highest BCUT2D eigenvalue weighted by Gasteiger charge is 2.18.